The minimum absolute atomic E-state index is 0.324. The Bertz CT molecular complexity index is 651. The van der Waals surface area contributed by atoms with Crippen molar-refractivity contribution in [3.05, 3.63) is 47.3 Å². The average Bonchev–Trinajstić information content (AvgIpc) is 3.23. The second-order valence-corrected chi connectivity index (χ2v) is 5.47. The zero-order chi connectivity index (χ0) is 14.3. The number of hydrogen-bond donors (Lipinski definition) is 1. The zero-order valence-electron chi connectivity index (χ0n) is 12.0. The Kier molecular flexibility index (Phi) is 3.13. The van der Waals surface area contributed by atoms with Gasteiger partial charge in [-0.3, -0.25) is 4.79 Å². The molecule has 1 fully saturated rings. The maximum atomic E-state index is 11.9. The summed E-state index contributed by atoms with van der Waals surface area (Å²) in [5.74, 6) is -0.324. The first-order valence-electron chi connectivity index (χ1n) is 7.24. The van der Waals surface area contributed by atoms with Crippen molar-refractivity contribution in [1.82, 2.24) is 4.57 Å². The van der Waals surface area contributed by atoms with Crippen molar-refractivity contribution in [2.75, 3.05) is 0 Å². The topological polar surface area (TPSA) is 48.0 Å². The molecule has 0 bridgehead atoms. The fourth-order valence-corrected chi connectivity index (χ4v) is 3.16. The number of carbonyl (C=O) groups excluding carboxylic acids is 1. The molecular formula is C17H20N2O. The minimum Gasteiger partial charge on any atom is -0.366 e. The van der Waals surface area contributed by atoms with Gasteiger partial charge in [-0.1, -0.05) is 37.3 Å². The van der Waals surface area contributed by atoms with Crippen molar-refractivity contribution in [2.24, 2.45) is 5.73 Å². The number of aromatic nitrogens is 1. The van der Waals surface area contributed by atoms with E-state index in [2.05, 4.69) is 23.6 Å². The van der Waals surface area contributed by atoms with E-state index >= 15 is 0 Å². The van der Waals surface area contributed by atoms with E-state index in [-0.39, 0.29) is 5.91 Å². The summed E-state index contributed by atoms with van der Waals surface area (Å²) in [6.07, 6.45) is 3.32. The number of nitrogens with zero attached hydrogens (tertiary/aromatic N) is 1. The van der Waals surface area contributed by atoms with Gasteiger partial charge in [-0.25, -0.2) is 0 Å². The summed E-state index contributed by atoms with van der Waals surface area (Å²) in [5.41, 5.74) is 10.7. The van der Waals surface area contributed by atoms with Crippen LogP contribution in [0.3, 0.4) is 0 Å². The van der Waals surface area contributed by atoms with Crippen molar-refractivity contribution >= 4 is 5.91 Å². The van der Waals surface area contributed by atoms with Crippen molar-refractivity contribution in [3.8, 4) is 11.1 Å². The maximum Gasteiger partial charge on any atom is 0.251 e. The van der Waals surface area contributed by atoms with Crippen LogP contribution >= 0.6 is 0 Å². The SMILES string of the molecule is CCc1c(-c2ccccc2)c(C(N)=O)c(C)n1C1CC1. The molecule has 0 saturated heterocycles. The van der Waals surface area contributed by atoms with Gasteiger partial charge < -0.3 is 10.3 Å². The van der Waals surface area contributed by atoms with Gasteiger partial charge in [-0.05, 0) is 31.7 Å². The Hall–Kier alpha value is -2.03. The van der Waals surface area contributed by atoms with Crippen LogP contribution in [0.5, 0.6) is 0 Å². The molecule has 3 nitrogen and oxygen atoms in total. The molecule has 0 aliphatic heterocycles. The fourth-order valence-electron chi connectivity index (χ4n) is 3.16. The predicted octanol–water partition coefficient (Wildman–Crippen LogP) is 3.46. The van der Waals surface area contributed by atoms with Crippen LogP contribution in [0.2, 0.25) is 0 Å². The van der Waals surface area contributed by atoms with Gasteiger partial charge in [-0.2, -0.15) is 0 Å². The van der Waals surface area contributed by atoms with Gasteiger partial charge in [0.25, 0.3) is 5.91 Å². The molecule has 20 heavy (non-hydrogen) atoms. The number of amides is 1. The van der Waals surface area contributed by atoms with Gasteiger partial charge >= 0.3 is 0 Å². The Morgan fingerprint density at radius 1 is 1.30 bits per heavy atom. The first-order chi connectivity index (χ1) is 9.65. The first kappa shape index (κ1) is 13.0. The van der Waals surface area contributed by atoms with Crippen LogP contribution in [-0.2, 0) is 6.42 Å². The molecule has 1 aromatic carbocycles. The molecule has 1 aliphatic rings. The van der Waals surface area contributed by atoms with Crippen LogP contribution in [0.15, 0.2) is 30.3 Å². The highest BCUT2D eigenvalue weighted by Crippen LogP contribution is 2.43. The summed E-state index contributed by atoms with van der Waals surface area (Å²) in [7, 11) is 0. The molecule has 0 atom stereocenters. The number of nitrogens with two attached hydrogens (primary N) is 1. The highest BCUT2D eigenvalue weighted by molar-refractivity contribution is 6.02. The largest absolute Gasteiger partial charge is 0.366 e. The van der Waals surface area contributed by atoms with E-state index in [1.165, 1.54) is 18.5 Å². The third-order valence-electron chi connectivity index (χ3n) is 4.11. The van der Waals surface area contributed by atoms with E-state index in [0.717, 1.165) is 23.2 Å². The quantitative estimate of drug-likeness (QED) is 0.907. The molecule has 2 aromatic rings. The molecule has 1 saturated carbocycles. The fraction of sp³-hybridized carbons (Fsp3) is 0.353. The molecule has 3 rings (SSSR count). The summed E-state index contributed by atoms with van der Waals surface area (Å²) in [6.45, 7) is 4.16. The second kappa shape index (κ2) is 4.82. The number of primary amides is 1. The van der Waals surface area contributed by atoms with Gasteiger partial charge in [0.2, 0.25) is 0 Å². The molecule has 0 radical (unpaired) electrons. The molecule has 1 amide bonds. The molecule has 1 aliphatic carbocycles. The van der Waals surface area contributed by atoms with Gasteiger partial charge in [-0.15, -0.1) is 0 Å². The third-order valence-corrected chi connectivity index (χ3v) is 4.11. The van der Waals surface area contributed by atoms with Crippen molar-refractivity contribution < 1.29 is 4.79 Å². The predicted molar refractivity (Wildman–Crippen MR) is 80.8 cm³/mol. The van der Waals surface area contributed by atoms with Gasteiger partial charge in [0.15, 0.2) is 0 Å². The third kappa shape index (κ3) is 1.94. The van der Waals surface area contributed by atoms with Crippen LogP contribution in [0.1, 0.15) is 47.6 Å². The summed E-state index contributed by atoms with van der Waals surface area (Å²) in [4.78, 5) is 11.9. The standard InChI is InChI=1S/C17H20N2O/c1-3-14-16(12-7-5-4-6-8-12)15(17(18)20)11(2)19(14)13-9-10-13/h4-8,13H,3,9-10H2,1-2H3,(H2,18,20). The minimum atomic E-state index is -0.324. The Labute approximate surface area is 119 Å². The number of rotatable bonds is 4. The number of benzene rings is 1. The van der Waals surface area contributed by atoms with Crippen LogP contribution in [0.25, 0.3) is 11.1 Å². The second-order valence-electron chi connectivity index (χ2n) is 5.47. The summed E-state index contributed by atoms with van der Waals surface area (Å²) in [6, 6.07) is 10.7. The lowest BCUT2D eigenvalue weighted by Gasteiger charge is -2.10. The maximum absolute atomic E-state index is 11.9. The molecule has 0 spiro atoms. The van der Waals surface area contributed by atoms with E-state index in [9.17, 15) is 4.79 Å². The lowest BCUT2D eigenvalue weighted by molar-refractivity contribution is 0.1000. The number of hydrogen-bond acceptors (Lipinski definition) is 1. The van der Waals surface area contributed by atoms with Crippen molar-refractivity contribution in [3.63, 3.8) is 0 Å². The van der Waals surface area contributed by atoms with Crippen LogP contribution < -0.4 is 5.73 Å². The molecule has 0 unspecified atom stereocenters. The molecule has 104 valence electrons. The van der Waals surface area contributed by atoms with Gasteiger partial charge in [0, 0.05) is 23.0 Å². The average molecular weight is 268 g/mol. The Morgan fingerprint density at radius 3 is 2.45 bits per heavy atom. The Morgan fingerprint density at radius 2 is 1.95 bits per heavy atom. The normalized spacial score (nSPS) is 14.5. The molecule has 1 aromatic heterocycles. The lowest BCUT2D eigenvalue weighted by atomic mass is 9.99. The summed E-state index contributed by atoms with van der Waals surface area (Å²) in [5, 5.41) is 0. The molecular weight excluding hydrogens is 248 g/mol. The summed E-state index contributed by atoms with van der Waals surface area (Å²) < 4.78 is 2.34. The van der Waals surface area contributed by atoms with E-state index in [0.29, 0.717) is 11.6 Å². The zero-order valence-corrected chi connectivity index (χ0v) is 12.0. The molecule has 2 N–H and O–H groups in total. The van der Waals surface area contributed by atoms with E-state index in [4.69, 9.17) is 5.73 Å². The summed E-state index contributed by atoms with van der Waals surface area (Å²) >= 11 is 0. The molecule has 1 heterocycles. The highest BCUT2D eigenvalue weighted by Gasteiger charge is 2.32. The monoisotopic (exact) mass is 268 g/mol. The molecule has 3 heteroatoms. The Balaban J connectivity index is 2.31. The van der Waals surface area contributed by atoms with Gasteiger partial charge in [0.05, 0.1) is 5.56 Å². The van der Waals surface area contributed by atoms with E-state index < -0.39 is 0 Å². The van der Waals surface area contributed by atoms with E-state index in [1.807, 2.05) is 25.1 Å². The first-order valence-corrected chi connectivity index (χ1v) is 7.24. The van der Waals surface area contributed by atoms with E-state index in [1.54, 1.807) is 0 Å². The van der Waals surface area contributed by atoms with Crippen molar-refractivity contribution in [1.29, 1.82) is 0 Å². The van der Waals surface area contributed by atoms with Gasteiger partial charge in [0.1, 0.15) is 0 Å². The number of carbonyl (C=O) groups is 1. The lowest BCUT2D eigenvalue weighted by Crippen LogP contribution is -2.13. The van der Waals surface area contributed by atoms with Crippen LogP contribution in [-0.4, -0.2) is 10.5 Å². The highest BCUT2D eigenvalue weighted by atomic mass is 16.1. The van der Waals surface area contributed by atoms with Crippen LogP contribution in [0.4, 0.5) is 0 Å². The van der Waals surface area contributed by atoms with Crippen LogP contribution in [0, 0.1) is 6.92 Å². The van der Waals surface area contributed by atoms with Crippen molar-refractivity contribution in [2.45, 2.75) is 39.2 Å². The smallest absolute Gasteiger partial charge is 0.251 e.